The molecule has 66 valence electrons. The lowest BCUT2D eigenvalue weighted by atomic mass is 10.1. The lowest BCUT2D eigenvalue weighted by molar-refractivity contribution is -0.146. The maximum atomic E-state index is 11.1. The van der Waals surface area contributed by atoms with Gasteiger partial charge in [-0.25, -0.2) is 4.79 Å². The zero-order valence-electron chi connectivity index (χ0n) is 9.28. The second kappa shape index (κ2) is 3.04. The SMILES string of the molecule is [2H]C([2H])([2H])C(C)(C(=O)O)n1cc(I)cn1. The molecule has 1 aromatic heterocycles. The van der Waals surface area contributed by atoms with Crippen LogP contribution in [-0.4, -0.2) is 20.9 Å². The Morgan fingerprint density at radius 1 is 2.00 bits per heavy atom. The largest absolute Gasteiger partial charge is 0.479 e. The fourth-order valence-corrected chi connectivity index (χ4v) is 1.03. The molecule has 1 aromatic rings. The van der Waals surface area contributed by atoms with E-state index in [4.69, 9.17) is 9.22 Å². The first kappa shape index (κ1) is 5.95. The number of carboxylic acids is 1. The van der Waals surface area contributed by atoms with Gasteiger partial charge in [-0.05, 0) is 36.4 Å². The molecule has 1 heterocycles. The number of aromatic nitrogens is 2. The minimum Gasteiger partial charge on any atom is -0.479 e. The van der Waals surface area contributed by atoms with Crippen molar-refractivity contribution in [1.29, 1.82) is 0 Å². The van der Waals surface area contributed by atoms with Crippen molar-refractivity contribution >= 4 is 28.6 Å². The van der Waals surface area contributed by atoms with E-state index < -0.39 is 18.4 Å². The molecule has 0 radical (unpaired) electrons. The van der Waals surface area contributed by atoms with E-state index in [1.54, 1.807) is 0 Å². The molecule has 1 rings (SSSR count). The molecule has 0 fully saturated rings. The van der Waals surface area contributed by atoms with E-state index in [0.717, 1.165) is 11.6 Å². The van der Waals surface area contributed by atoms with Gasteiger partial charge in [-0.2, -0.15) is 5.10 Å². The van der Waals surface area contributed by atoms with Crippen molar-refractivity contribution < 1.29 is 14.0 Å². The zero-order valence-corrected chi connectivity index (χ0v) is 8.44. The van der Waals surface area contributed by atoms with Gasteiger partial charge in [-0.3, -0.25) is 4.68 Å². The molecule has 0 saturated carbocycles. The van der Waals surface area contributed by atoms with Crippen LogP contribution in [0.4, 0.5) is 0 Å². The Labute approximate surface area is 87.9 Å². The van der Waals surface area contributed by atoms with Crippen molar-refractivity contribution in [2.24, 2.45) is 0 Å². The van der Waals surface area contributed by atoms with E-state index in [1.807, 2.05) is 22.6 Å². The molecule has 5 heteroatoms. The summed E-state index contributed by atoms with van der Waals surface area (Å²) in [5, 5.41) is 12.8. The topological polar surface area (TPSA) is 55.1 Å². The number of carboxylic acid groups (broad SMARTS) is 1. The average molecular weight is 283 g/mol. The van der Waals surface area contributed by atoms with Crippen LogP contribution in [0.1, 0.15) is 17.9 Å². The molecular weight excluding hydrogens is 271 g/mol. The molecular formula is C7H9IN2O2. The minimum atomic E-state index is -2.66. The standard InChI is InChI=1S/C7H9IN2O2/c1-7(2,6(11)12)10-4-5(8)3-9-10/h3-4H,1-2H3,(H,11,12)/i1D3. The summed E-state index contributed by atoms with van der Waals surface area (Å²) < 4.78 is 23.4. The van der Waals surface area contributed by atoms with Crippen molar-refractivity contribution in [2.75, 3.05) is 0 Å². The summed E-state index contributed by atoms with van der Waals surface area (Å²) >= 11 is 1.93. The van der Waals surface area contributed by atoms with Crippen molar-refractivity contribution in [1.82, 2.24) is 9.78 Å². The predicted octanol–water partition coefficient (Wildman–Crippen LogP) is 1.31. The Bertz CT molecular complexity index is 390. The van der Waals surface area contributed by atoms with Crippen molar-refractivity contribution in [2.45, 2.75) is 19.3 Å². The summed E-state index contributed by atoms with van der Waals surface area (Å²) in [5.41, 5.74) is -2.03. The Morgan fingerprint density at radius 2 is 2.67 bits per heavy atom. The summed E-state index contributed by atoms with van der Waals surface area (Å²) in [4.78, 5) is 11.1. The number of halogens is 1. The van der Waals surface area contributed by atoms with Gasteiger partial charge in [-0.15, -0.1) is 0 Å². The zero-order chi connectivity index (χ0) is 11.9. The summed E-state index contributed by atoms with van der Waals surface area (Å²) in [6, 6.07) is 0. The van der Waals surface area contributed by atoms with Crippen molar-refractivity contribution in [3.63, 3.8) is 0 Å². The maximum absolute atomic E-state index is 11.1. The van der Waals surface area contributed by atoms with Gasteiger partial charge < -0.3 is 5.11 Å². The van der Waals surface area contributed by atoms with Crippen molar-refractivity contribution in [3.8, 4) is 0 Å². The number of nitrogens with zero attached hydrogens (tertiary/aromatic N) is 2. The fourth-order valence-electron chi connectivity index (χ4n) is 0.643. The van der Waals surface area contributed by atoms with E-state index >= 15 is 0 Å². The first-order valence-corrected chi connectivity index (χ1v) is 4.21. The second-order valence-electron chi connectivity index (χ2n) is 2.48. The molecule has 0 bridgehead atoms. The smallest absolute Gasteiger partial charge is 0.331 e. The van der Waals surface area contributed by atoms with E-state index in [-0.39, 0.29) is 0 Å². The number of rotatable bonds is 2. The number of hydrogen-bond donors (Lipinski definition) is 1. The van der Waals surface area contributed by atoms with E-state index in [1.165, 1.54) is 12.4 Å². The highest BCUT2D eigenvalue weighted by Gasteiger charge is 2.29. The van der Waals surface area contributed by atoms with Crippen LogP contribution in [0, 0.1) is 3.57 Å². The molecule has 0 aliphatic rings. The first-order chi connectivity index (χ1) is 6.69. The fraction of sp³-hybridized carbons (Fsp3) is 0.429. The van der Waals surface area contributed by atoms with Crippen molar-refractivity contribution in [3.05, 3.63) is 16.0 Å². The molecule has 0 aliphatic carbocycles. The van der Waals surface area contributed by atoms with Crippen LogP contribution in [-0.2, 0) is 10.3 Å². The molecule has 0 aliphatic heterocycles. The van der Waals surface area contributed by atoms with Crippen LogP contribution >= 0.6 is 22.6 Å². The molecule has 12 heavy (non-hydrogen) atoms. The van der Waals surface area contributed by atoms with E-state index in [9.17, 15) is 4.79 Å². The molecule has 0 saturated heterocycles. The van der Waals surface area contributed by atoms with Crippen LogP contribution in [0.3, 0.4) is 0 Å². The lowest BCUT2D eigenvalue weighted by Gasteiger charge is -2.19. The van der Waals surface area contributed by atoms with Gasteiger partial charge in [0.1, 0.15) is 0 Å². The Morgan fingerprint density at radius 3 is 3.00 bits per heavy atom. The van der Waals surface area contributed by atoms with Gasteiger partial charge in [0.25, 0.3) is 0 Å². The maximum Gasteiger partial charge on any atom is 0.331 e. The summed E-state index contributed by atoms with van der Waals surface area (Å²) in [5.74, 6) is -1.43. The molecule has 0 aromatic carbocycles. The average Bonchev–Trinajstić information content (AvgIpc) is 2.48. The van der Waals surface area contributed by atoms with Crippen LogP contribution in [0.2, 0.25) is 0 Å². The first-order valence-electron chi connectivity index (χ1n) is 4.63. The van der Waals surface area contributed by atoms with Gasteiger partial charge in [-0.1, -0.05) is 0 Å². The summed E-state index contributed by atoms with van der Waals surface area (Å²) in [7, 11) is 0. The minimum absolute atomic E-state index is 0.685. The Kier molecular flexibility index (Phi) is 1.51. The molecule has 0 amide bonds. The van der Waals surface area contributed by atoms with Gasteiger partial charge >= 0.3 is 5.97 Å². The van der Waals surface area contributed by atoms with Crippen LogP contribution in [0.5, 0.6) is 0 Å². The van der Waals surface area contributed by atoms with Crippen LogP contribution in [0.25, 0.3) is 0 Å². The third kappa shape index (κ3) is 1.60. The third-order valence-corrected chi connectivity index (χ3v) is 1.98. The van der Waals surface area contributed by atoms with Gasteiger partial charge in [0.2, 0.25) is 0 Å². The number of hydrogen-bond acceptors (Lipinski definition) is 2. The molecule has 1 unspecified atom stereocenters. The third-order valence-electron chi connectivity index (χ3n) is 1.43. The predicted molar refractivity (Wildman–Crippen MR) is 51.9 cm³/mol. The summed E-state index contributed by atoms with van der Waals surface area (Å²) in [6.45, 7) is -1.53. The highest BCUT2D eigenvalue weighted by molar-refractivity contribution is 14.1. The van der Waals surface area contributed by atoms with Crippen LogP contribution < -0.4 is 0 Å². The second-order valence-corrected chi connectivity index (χ2v) is 3.73. The highest BCUT2D eigenvalue weighted by atomic mass is 127. The quantitative estimate of drug-likeness (QED) is 0.832. The molecule has 1 N–H and O–H groups in total. The van der Waals surface area contributed by atoms with Gasteiger partial charge in [0.15, 0.2) is 5.54 Å². The Balaban J connectivity index is 3.31. The monoisotopic (exact) mass is 283 g/mol. The highest BCUT2D eigenvalue weighted by Crippen LogP contribution is 2.15. The normalized spacial score (nSPS) is 20.3. The molecule has 4 nitrogen and oxygen atoms in total. The van der Waals surface area contributed by atoms with E-state index in [0.29, 0.717) is 3.57 Å². The molecule has 1 atom stereocenters. The van der Waals surface area contributed by atoms with E-state index in [2.05, 4.69) is 5.10 Å². The van der Waals surface area contributed by atoms with Crippen LogP contribution in [0.15, 0.2) is 12.4 Å². The van der Waals surface area contributed by atoms with Gasteiger partial charge in [0.05, 0.1) is 9.77 Å². The molecule has 0 spiro atoms. The number of carbonyl (C=O) groups is 1. The Hall–Kier alpha value is -0.590. The summed E-state index contributed by atoms with van der Waals surface area (Å²) in [6.07, 6.45) is 2.80. The number of aliphatic carboxylic acids is 1. The lowest BCUT2D eigenvalue weighted by Crippen LogP contribution is -2.35. The van der Waals surface area contributed by atoms with Gasteiger partial charge in [0, 0.05) is 10.3 Å².